The summed E-state index contributed by atoms with van der Waals surface area (Å²) in [7, 11) is 0. The molecular formula is C12H13N3O. The van der Waals surface area contributed by atoms with Crippen LogP contribution in [-0.2, 0) is 0 Å². The van der Waals surface area contributed by atoms with Crippen LogP contribution >= 0.6 is 0 Å². The van der Waals surface area contributed by atoms with Crippen LogP contribution < -0.4 is 10.6 Å². The van der Waals surface area contributed by atoms with Gasteiger partial charge >= 0.3 is 0 Å². The van der Waals surface area contributed by atoms with E-state index in [1.54, 1.807) is 0 Å². The Labute approximate surface area is 93.0 Å². The van der Waals surface area contributed by atoms with Crippen molar-refractivity contribution in [1.29, 1.82) is 0 Å². The topological polar surface area (TPSA) is 55.3 Å². The standard InChI is InChI=1S/C12H13N3O/c13-11-7-5-15(6-8(7)11)12-14-9-3-1-2-4-10(9)16-12/h1-4,7-8,11H,5-6,13H2. The first kappa shape index (κ1) is 8.58. The molecule has 16 heavy (non-hydrogen) atoms. The first-order valence-electron chi connectivity index (χ1n) is 5.69. The van der Waals surface area contributed by atoms with E-state index in [-0.39, 0.29) is 0 Å². The molecule has 1 aliphatic heterocycles. The van der Waals surface area contributed by atoms with Crippen molar-refractivity contribution in [2.75, 3.05) is 18.0 Å². The molecule has 2 unspecified atom stereocenters. The molecule has 4 rings (SSSR count). The van der Waals surface area contributed by atoms with E-state index in [1.165, 1.54) is 0 Å². The number of nitrogens with zero attached hydrogens (tertiary/aromatic N) is 2. The van der Waals surface area contributed by atoms with Gasteiger partial charge in [0.2, 0.25) is 0 Å². The van der Waals surface area contributed by atoms with Crippen LogP contribution in [0.5, 0.6) is 0 Å². The molecular weight excluding hydrogens is 202 g/mol. The Balaban J connectivity index is 1.68. The van der Waals surface area contributed by atoms with Crippen molar-refractivity contribution in [1.82, 2.24) is 4.98 Å². The summed E-state index contributed by atoms with van der Waals surface area (Å²) in [5.74, 6) is 1.32. The van der Waals surface area contributed by atoms with Crippen LogP contribution in [0.15, 0.2) is 28.7 Å². The molecule has 1 saturated carbocycles. The summed E-state index contributed by atoms with van der Waals surface area (Å²) in [6.45, 7) is 2.00. The fourth-order valence-electron chi connectivity index (χ4n) is 2.72. The molecule has 1 aromatic heterocycles. The zero-order valence-electron chi connectivity index (χ0n) is 8.84. The van der Waals surface area contributed by atoms with E-state index in [0.29, 0.717) is 17.9 Å². The van der Waals surface area contributed by atoms with Gasteiger partial charge in [0.1, 0.15) is 5.52 Å². The number of benzene rings is 1. The van der Waals surface area contributed by atoms with Crippen LogP contribution in [0.25, 0.3) is 11.1 Å². The highest BCUT2D eigenvalue weighted by molar-refractivity contribution is 5.74. The first-order chi connectivity index (χ1) is 7.83. The summed E-state index contributed by atoms with van der Waals surface area (Å²) in [6, 6.07) is 9.04. The lowest BCUT2D eigenvalue weighted by atomic mass is 10.3. The average Bonchev–Trinajstić information content (AvgIpc) is 2.80. The summed E-state index contributed by atoms with van der Waals surface area (Å²) in [5.41, 5.74) is 7.71. The molecule has 2 fully saturated rings. The van der Waals surface area contributed by atoms with Gasteiger partial charge in [0.25, 0.3) is 6.01 Å². The molecule has 0 bridgehead atoms. The Morgan fingerprint density at radius 3 is 2.75 bits per heavy atom. The first-order valence-corrected chi connectivity index (χ1v) is 5.69. The Morgan fingerprint density at radius 2 is 2.00 bits per heavy atom. The van der Waals surface area contributed by atoms with Crippen molar-refractivity contribution in [3.05, 3.63) is 24.3 Å². The average molecular weight is 215 g/mol. The number of nitrogens with two attached hydrogens (primary N) is 1. The van der Waals surface area contributed by atoms with Gasteiger partial charge in [-0.1, -0.05) is 12.1 Å². The van der Waals surface area contributed by atoms with E-state index in [0.717, 1.165) is 30.2 Å². The van der Waals surface area contributed by atoms with E-state index in [1.807, 2.05) is 24.3 Å². The lowest BCUT2D eigenvalue weighted by Crippen LogP contribution is -2.28. The number of hydrogen-bond acceptors (Lipinski definition) is 4. The fraction of sp³-hybridized carbons (Fsp3) is 0.417. The minimum absolute atomic E-state index is 0.417. The van der Waals surface area contributed by atoms with Crippen molar-refractivity contribution >= 4 is 17.1 Å². The van der Waals surface area contributed by atoms with E-state index in [4.69, 9.17) is 10.2 Å². The third-order valence-electron chi connectivity index (χ3n) is 3.81. The normalized spacial score (nSPS) is 32.1. The Bertz CT molecular complexity index is 505. The van der Waals surface area contributed by atoms with Gasteiger partial charge in [0.05, 0.1) is 0 Å². The number of aromatic nitrogens is 1. The highest BCUT2D eigenvalue weighted by Gasteiger charge is 2.54. The second-order valence-corrected chi connectivity index (χ2v) is 4.77. The summed E-state index contributed by atoms with van der Waals surface area (Å²) in [5, 5.41) is 0. The van der Waals surface area contributed by atoms with Gasteiger partial charge in [0, 0.05) is 19.1 Å². The Hall–Kier alpha value is -1.55. The van der Waals surface area contributed by atoms with Crippen molar-refractivity contribution in [3.63, 3.8) is 0 Å². The Morgan fingerprint density at radius 1 is 1.25 bits per heavy atom. The molecule has 2 atom stereocenters. The molecule has 2 aromatic rings. The van der Waals surface area contributed by atoms with E-state index in [9.17, 15) is 0 Å². The summed E-state index contributed by atoms with van der Waals surface area (Å²) >= 11 is 0. The summed E-state index contributed by atoms with van der Waals surface area (Å²) in [6.07, 6.45) is 0. The molecule has 1 aliphatic carbocycles. The maximum atomic E-state index is 5.91. The predicted octanol–water partition coefficient (Wildman–Crippen LogP) is 1.22. The smallest absolute Gasteiger partial charge is 0.298 e. The Kier molecular flexibility index (Phi) is 1.48. The minimum atomic E-state index is 0.417. The van der Waals surface area contributed by atoms with E-state index >= 15 is 0 Å². The van der Waals surface area contributed by atoms with Crippen molar-refractivity contribution < 1.29 is 4.42 Å². The van der Waals surface area contributed by atoms with Crippen LogP contribution in [0.1, 0.15) is 0 Å². The third-order valence-corrected chi connectivity index (χ3v) is 3.81. The molecule has 0 spiro atoms. The fourth-order valence-corrected chi connectivity index (χ4v) is 2.72. The number of oxazole rings is 1. The maximum Gasteiger partial charge on any atom is 0.298 e. The van der Waals surface area contributed by atoms with Crippen LogP contribution in [0.4, 0.5) is 6.01 Å². The number of piperidine rings is 1. The van der Waals surface area contributed by atoms with Gasteiger partial charge in [-0.2, -0.15) is 4.98 Å². The molecule has 2 heterocycles. The number of anilines is 1. The largest absolute Gasteiger partial charge is 0.423 e. The van der Waals surface area contributed by atoms with Gasteiger partial charge < -0.3 is 15.1 Å². The molecule has 2 N–H and O–H groups in total. The van der Waals surface area contributed by atoms with Crippen molar-refractivity contribution in [2.24, 2.45) is 17.6 Å². The van der Waals surface area contributed by atoms with Crippen molar-refractivity contribution in [3.8, 4) is 0 Å². The molecule has 1 aromatic carbocycles. The van der Waals surface area contributed by atoms with E-state index in [2.05, 4.69) is 9.88 Å². The molecule has 2 aliphatic rings. The number of hydrogen-bond donors (Lipinski definition) is 1. The van der Waals surface area contributed by atoms with E-state index < -0.39 is 0 Å². The van der Waals surface area contributed by atoms with Gasteiger partial charge in [-0.05, 0) is 24.0 Å². The van der Waals surface area contributed by atoms with Crippen LogP contribution in [-0.4, -0.2) is 24.1 Å². The molecule has 0 amide bonds. The highest BCUT2D eigenvalue weighted by Crippen LogP contribution is 2.45. The second kappa shape index (κ2) is 2.77. The predicted molar refractivity (Wildman–Crippen MR) is 61.2 cm³/mol. The van der Waals surface area contributed by atoms with Gasteiger partial charge in [-0.3, -0.25) is 0 Å². The molecule has 0 radical (unpaired) electrons. The molecule has 4 nitrogen and oxygen atoms in total. The lowest BCUT2D eigenvalue weighted by Gasteiger charge is -2.15. The van der Waals surface area contributed by atoms with Crippen molar-refractivity contribution in [2.45, 2.75) is 6.04 Å². The monoisotopic (exact) mass is 215 g/mol. The zero-order chi connectivity index (χ0) is 10.7. The SMILES string of the molecule is NC1C2CN(c3nc4ccccc4o3)CC12. The van der Waals surface area contributed by atoms with Crippen LogP contribution in [0.3, 0.4) is 0 Å². The minimum Gasteiger partial charge on any atom is -0.423 e. The third kappa shape index (κ3) is 1.05. The lowest BCUT2D eigenvalue weighted by molar-refractivity contribution is 0.568. The maximum absolute atomic E-state index is 5.91. The quantitative estimate of drug-likeness (QED) is 0.777. The van der Waals surface area contributed by atoms with Gasteiger partial charge in [-0.25, -0.2) is 0 Å². The molecule has 1 saturated heterocycles. The summed E-state index contributed by atoms with van der Waals surface area (Å²) < 4.78 is 5.73. The van der Waals surface area contributed by atoms with Crippen LogP contribution in [0, 0.1) is 11.8 Å². The van der Waals surface area contributed by atoms with Gasteiger partial charge in [0.15, 0.2) is 5.58 Å². The van der Waals surface area contributed by atoms with Gasteiger partial charge in [-0.15, -0.1) is 0 Å². The number of rotatable bonds is 1. The van der Waals surface area contributed by atoms with Crippen LogP contribution in [0.2, 0.25) is 0 Å². The molecule has 4 heteroatoms. The second-order valence-electron chi connectivity index (χ2n) is 4.77. The number of para-hydroxylation sites is 2. The zero-order valence-corrected chi connectivity index (χ0v) is 8.84. The molecule has 82 valence electrons. The summed E-state index contributed by atoms with van der Waals surface area (Å²) in [4.78, 5) is 6.70. The highest BCUT2D eigenvalue weighted by atomic mass is 16.4. The number of fused-ring (bicyclic) bond motifs is 2.